The van der Waals surface area contributed by atoms with Crippen LogP contribution >= 0.6 is 0 Å². The van der Waals surface area contributed by atoms with Crippen LogP contribution in [-0.2, 0) is 75.8 Å². The first-order valence-electron chi connectivity index (χ1n) is 29.2. The normalized spacial score (nSPS) is 52.2. The van der Waals surface area contributed by atoms with E-state index in [9.17, 15) is 132 Å². The Balaban J connectivity index is 1.11. The molecule has 8 aliphatic heterocycles. The molecule has 0 aliphatic carbocycles. The molecule has 536 valence electrons. The Labute approximate surface area is 519 Å². The number of hydrogen-bond donors (Lipinski definition) is 26. The van der Waals surface area contributed by atoms with Crippen LogP contribution in [0.25, 0.3) is 0 Å². The van der Waals surface area contributed by atoms with Crippen LogP contribution in [0.5, 0.6) is 0 Å². The van der Waals surface area contributed by atoms with Crippen molar-refractivity contribution in [1.82, 2.24) is 5.32 Å². The molecule has 8 saturated heterocycles. The first kappa shape index (κ1) is 75.6. The molecule has 26 N–H and O–H groups in total. The fraction of sp³-hybridized carbons (Fsp3) is 0.980. The van der Waals surface area contributed by atoms with Crippen molar-refractivity contribution in [3.63, 3.8) is 0 Å². The van der Waals surface area contributed by atoms with Crippen LogP contribution < -0.4 is 5.32 Å². The maximum absolute atomic E-state index is 12.4. The van der Waals surface area contributed by atoms with E-state index in [0.29, 0.717) is 0 Å². The zero-order chi connectivity index (χ0) is 67.6. The second kappa shape index (κ2) is 32.7. The predicted octanol–water partition coefficient (Wildman–Crippen LogP) is -18.3. The van der Waals surface area contributed by atoms with Crippen molar-refractivity contribution in [3.05, 3.63) is 0 Å². The summed E-state index contributed by atoms with van der Waals surface area (Å²) in [6.45, 7) is -7.27. The molecule has 42 nitrogen and oxygen atoms in total. The molecule has 8 aliphatic rings. The van der Waals surface area contributed by atoms with Gasteiger partial charge in [0, 0.05) is 6.92 Å². The van der Waals surface area contributed by atoms with Crippen LogP contribution in [0.1, 0.15) is 6.92 Å². The van der Waals surface area contributed by atoms with Crippen LogP contribution in [0.15, 0.2) is 0 Å². The fourth-order valence-electron chi connectivity index (χ4n) is 11.6. The summed E-state index contributed by atoms with van der Waals surface area (Å²) in [6, 6.07) is -1.77. The van der Waals surface area contributed by atoms with Crippen molar-refractivity contribution in [1.29, 1.82) is 0 Å². The lowest BCUT2D eigenvalue weighted by Crippen LogP contribution is -2.69. The second-order valence-electron chi connectivity index (χ2n) is 23.2. The van der Waals surface area contributed by atoms with Gasteiger partial charge in [0.25, 0.3) is 0 Å². The Morgan fingerprint density at radius 3 is 0.957 bits per heavy atom. The second-order valence-corrected chi connectivity index (χ2v) is 23.2. The molecule has 0 radical (unpaired) electrons. The maximum atomic E-state index is 12.4. The topological polar surface area (TPSA) is 673 Å². The van der Waals surface area contributed by atoms with E-state index in [1.165, 1.54) is 0 Å². The van der Waals surface area contributed by atoms with Crippen molar-refractivity contribution in [2.45, 2.75) is 253 Å². The number of amides is 1. The largest absolute Gasteiger partial charge is 0.394 e. The summed E-state index contributed by atoms with van der Waals surface area (Å²) < 4.78 is 86.0. The van der Waals surface area contributed by atoms with Crippen molar-refractivity contribution < 1.29 is 204 Å². The Morgan fingerprint density at radius 1 is 0.283 bits per heavy atom. The number of aliphatic hydroxyl groups excluding tert-OH is 25. The summed E-state index contributed by atoms with van der Waals surface area (Å²) in [5.41, 5.74) is 0. The third kappa shape index (κ3) is 16.0. The molecule has 40 atom stereocenters. The van der Waals surface area contributed by atoms with Gasteiger partial charge in [0.05, 0.1) is 52.9 Å². The third-order valence-electron chi connectivity index (χ3n) is 17.0. The average Bonchev–Trinajstić information content (AvgIpc) is 0.785. The molecule has 0 saturated carbocycles. The first-order valence-corrected chi connectivity index (χ1v) is 29.2. The van der Waals surface area contributed by atoms with E-state index in [0.717, 1.165) is 6.92 Å². The zero-order valence-electron chi connectivity index (χ0n) is 48.5. The predicted molar refractivity (Wildman–Crippen MR) is 276 cm³/mol. The number of rotatable bonds is 23. The molecule has 8 rings (SSSR count). The van der Waals surface area contributed by atoms with E-state index in [4.69, 9.17) is 71.1 Å². The number of carbonyl (C=O) groups is 1. The zero-order valence-corrected chi connectivity index (χ0v) is 48.5. The van der Waals surface area contributed by atoms with Gasteiger partial charge < -0.3 is 204 Å². The number of aliphatic hydroxyl groups is 25. The van der Waals surface area contributed by atoms with E-state index >= 15 is 0 Å². The highest BCUT2D eigenvalue weighted by Gasteiger charge is 2.59. The van der Waals surface area contributed by atoms with Gasteiger partial charge in [0.1, 0.15) is 195 Å². The standard InChI is InChI=1S/C50H85NO41/c1-10(58)51-19-38(25(64)16(7-57)80-43(19)77)88-48-37(76)40(90-50-42(32(71)24(63)15(6-56)85-50)92-47-35(74)30(69)22(61)13(4-54)83-47)27(66)18(87-48)8-78-44-36(75)39(89-45-33(72)28(67)20(59)11(2-52)81-45)26(65)17(86-44)9-79-49-41(31(70)23(62)14(5-55)84-49)91-46-34(73)29(68)21(60)12(3-53)82-46/h11-50,52-57,59-77H,2-9H2,1H3,(H,51,58)/t11-,12-,13-,14-,15-,16-,17-,18-,19-,20-,21-,22-,23-,24-,25-,26-,27-,28+,29+,30+,31+,32+,33+,34+,35+,36+,37+,38-,39+,40+,41+,42+,43?,44+,45-,46-,47-,48+,49+,50-/m1/s1. The molecule has 1 unspecified atom stereocenters. The lowest BCUT2D eigenvalue weighted by molar-refractivity contribution is -0.397. The van der Waals surface area contributed by atoms with Crippen molar-refractivity contribution >= 4 is 5.91 Å². The summed E-state index contributed by atoms with van der Waals surface area (Å²) in [4.78, 5) is 12.4. The molecule has 1 amide bonds. The van der Waals surface area contributed by atoms with E-state index < -0.39 is 304 Å². The van der Waals surface area contributed by atoms with Crippen LogP contribution in [-0.4, -0.2) is 432 Å². The highest BCUT2D eigenvalue weighted by atomic mass is 16.8. The first-order chi connectivity index (χ1) is 43.5. The van der Waals surface area contributed by atoms with Crippen molar-refractivity contribution in [2.24, 2.45) is 0 Å². The van der Waals surface area contributed by atoms with Crippen molar-refractivity contribution in [2.75, 3.05) is 52.9 Å². The van der Waals surface area contributed by atoms with Gasteiger partial charge in [-0.15, -0.1) is 0 Å². The molecule has 0 bridgehead atoms. The van der Waals surface area contributed by atoms with Crippen molar-refractivity contribution in [3.8, 4) is 0 Å². The monoisotopic (exact) mass is 1360 g/mol. The minimum absolute atomic E-state index is 0.861. The average molecular weight is 1360 g/mol. The Kier molecular flexibility index (Phi) is 26.9. The van der Waals surface area contributed by atoms with Crippen LogP contribution in [0, 0.1) is 0 Å². The van der Waals surface area contributed by atoms with Gasteiger partial charge in [-0.3, -0.25) is 4.79 Å². The summed E-state index contributed by atoms with van der Waals surface area (Å²) in [5, 5.41) is 273. The molecule has 0 aromatic heterocycles. The minimum atomic E-state index is -2.43. The fourth-order valence-corrected chi connectivity index (χ4v) is 11.6. The molecule has 8 fully saturated rings. The van der Waals surface area contributed by atoms with Gasteiger partial charge >= 0.3 is 0 Å². The summed E-state index contributed by atoms with van der Waals surface area (Å²) in [7, 11) is 0. The molecular formula is C50H85NO41. The highest BCUT2D eigenvalue weighted by Crippen LogP contribution is 2.38. The molecule has 8 heterocycles. The van der Waals surface area contributed by atoms with Gasteiger partial charge in [-0.05, 0) is 0 Å². The van der Waals surface area contributed by atoms with E-state index in [-0.39, 0.29) is 0 Å². The highest BCUT2D eigenvalue weighted by molar-refractivity contribution is 5.73. The maximum Gasteiger partial charge on any atom is 0.217 e. The number of carbonyl (C=O) groups excluding carboxylic acids is 1. The number of hydrogen-bond acceptors (Lipinski definition) is 41. The molecule has 0 spiro atoms. The van der Waals surface area contributed by atoms with Gasteiger partial charge in [-0.2, -0.15) is 0 Å². The van der Waals surface area contributed by atoms with Gasteiger partial charge in [-0.25, -0.2) is 0 Å². The minimum Gasteiger partial charge on any atom is -0.394 e. The Bertz CT molecular complexity index is 2260. The SMILES string of the molecule is CC(=O)N[C@H]1C(O)O[C@H](CO)[C@@H](O)[C@@H]1O[C@@H]1O[C@H](CO[C@H]2O[C@H](CO[C@H]3O[C@H](CO)[C@@H](O)[C@H](O)[C@@H]3O[C@H]3O[C@H](CO)[C@@H](O)[C@H](O)[C@@H]3O)[C@@H](O)[C@H](O[C@H]3O[C@H](CO)[C@@H](O)[C@H](O)[C@@H]3O)[C@@H]2O)[C@@H](O)[C@H](O[C@H]2O[C@H](CO)[C@@H](O)[C@H](O)[C@@H]2O[C@H]2O[C@H](CO)[C@@H](O)[C@H](O)[C@@H]2O)[C@@H]1O. The Morgan fingerprint density at radius 2 is 0.554 bits per heavy atom. The van der Waals surface area contributed by atoms with Crippen LogP contribution in [0.3, 0.4) is 0 Å². The summed E-state index contributed by atoms with van der Waals surface area (Å²) >= 11 is 0. The summed E-state index contributed by atoms with van der Waals surface area (Å²) in [6.07, 6.45) is -80.5. The van der Waals surface area contributed by atoms with E-state index in [1.807, 2.05) is 0 Å². The third-order valence-corrected chi connectivity index (χ3v) is 17.0. The van der Waals surface area contributed by atoms with Gasteiger partial charge in [-0.1, -0.05) is 0 Å². The van der Waals surface area contributed by atoms with E-state index in [1.54, 1.807) is 0 Å². The lowest BCUT2D eigenvalue weighted by Gasteiger charge is -2.50. The molecular weight excluding hydrogens is 1270 g/mol. The molecule has 0 aromatic rings. The Hall–Kier alpha value is -2.13. The molecule has 92 heavy (non-hydrogen) atoms. The van der Waals surface area contributed by atoms with Crippen LogP contribution in [0.4, 0.5) is 0 Å². The van der Waals surface area contributed by atoms with Crippen LogP contribution in [0.2, 0.25) is 0 Å². The number of ether oxygens (including phenoxy) is 15. The lowest BCUT2D eigenvalue weighted by atomic mass is 9.94. The molecule has 0 aromatic carbocycles. The smallest absolute Gasteiger partial charge is 0.217 e. The van der Waals surface area contributed by atoms with Gasteiger partial charge in [0.15, 0.2) is 50.3 Å². The van der Waals surface area contributed by atoms with Gasteiger partial charge in [0.2, 0.25) is 5.91 Å². The number of nitrogens with one attached hydrogen (secondary N) is 1. The quantitative estimate of drug-likeness (QED) is 0.0452. The summed E-state index contributed by atoms with van der Waals surface area (Å²) in [5.74, 6) is -0.861. The molecule has 42 heteroatoms. The van der Waals surface area contributed by atoms with E-state index in [2.05, 4.69) is 5.32 Å².